The normalized spacial score (nSPS) is 45.9. The fraction of sp³-hybridized carbons (Fsp3) is 1.00. The van der Waals surface area contributed by atoms with E-state index >= 15 is 0 Å². The maximum absolute atomic E-state index is 5.39. The highest BCUT2D eigenvalue weighted by molar-refractivity contribution is 4.90. The van der Waals surface area contributed by atoms with Crippen LogP contribution in [0.2, 0.25) is 0 Å². The van der Waals surface area contributed by atoms with Crippen molar-refractivity contribution in [1.29, 1.82) is 0 Å². The van der Waals surface area contributed by atoms with Crippen molar-refractivity contribution in [2.24, 2.45) is 11.8 Å². The molecule has 2 bridgehead atoms. The van der Waals surface area contributed by atoms with Gasteiger partial charge in [-0.05, 0) is 31.2 Å². The first-order valence-corrected chi connectivity index (χ1v) is 4.13. The average molecular weight is 141 g/mol. The summed E-state index contributed by atoms with van der Waals surface area (Å²) in [4.78, 5) is 0. The van der Waals surface area contributed by atoms with Gasteiger partial charge in [-0.25, -0.2) is 0 Å². The molecule has 0 aromatic heterocycles. The molecule has 0 aromatic carbocycles. The van der Waals surface area contributed by atoms with Gasteiger partial charge >= 0.3 is 0 Å². The van der Waals surface area contributed by atoms with E-state index in [2.05, 4.69) is 5.32 Å². The lowest BCUT2D eigenvalue weighted by Gasteiger charge is -2.20. The SMILES string of the molecule is COC1CC2CNCC1C2. The second kappa shape index (κ2) is 2.51. The van der Waals surface area contributed by atoms with Crippen molar-refractivity contribution in [3.8, 4) is 0 Å². The highest BCUT2D eigenvalue weighted by atomic mass is 16.5. The molecule has 1 N–H and O–H groups in total. The Bertz CT molecular complexity index is 126. The van der Waals surface area contributed by atoms with E-state index < -0.39 is 0 Å². The summed E-state index contributed by atoms with van der Waals surface area (Å²) in [7, 11) is 1.84. The van der Waals surface area contributed by atoms with Crippen molar-refractivity contribution < 1.29 is 4.74 Å². The Morgan fingerprint density at radius 1 is 1.30 bits per heavy atom. The Hall–Kier alpha value is -0.0800. The second-order valence-corrected chi connectivity index (χ2v) is 3.53. The van der Waals surface area contributed by atoms with E-state index in [0.29, 0.717) is 6.10 Å². The highest BCUT2D eigenvalue weighted by Crippen LogP contribution is 2.34. The standard InChI is InChI=1S/C8H15NO/c1-10-8-3-6-2-7(8)5-9-4-6/h6-9H,2-5H2,1H3. The van der Waals surface area contributed by atoms with Gasteiger partial charge in [-0.1, -0.05) is 0 Å². The fourth-order valence-electron chi connectivity index (χ4n) is 2.34. The van der Waals surface area contributed by atoms with Crippen LogP contribution in [0.3, 0.4) is 0 Å². The summed E-state index contributed by atoms with van der Waals surface area (Å²) >= 11 is 0. The van der Waals surface area contributed by atoms with Crippen LogP contribution in [0, 0.1) is 11.8 Å². The number of ether oxygens (including phenoxy) is 1. The van der Waals surface area contributed by atoms with E-state index in [4.69, 9.17) is 4.74 Å². The van der Waals surface area contributed by atoms with Gasteiger partial charge in [0.15, 0.2) is 0 Å². The molecule has 0 aromatic rings. The molecule has 1 aliphatic heterocycles. The van der Waals surface area contributed by atoms with Crippen molar-refractivity contribution >= 4 is 0 Å². The van der Waals surface area contributed by atoms with Gasteiger partial charge in [-0.15, -0.1) is 0 Å². The predicted octanol–water partition coefficient (Wildman–Crippen LogP) is 0.631. The maximum atomic E-state index is 5.39. The molecule has 1 saturated heterocycles. The average Bonchev–Trinajstić information content (AvgIpc) is 2.26. The van der Waals surface area contributed by atoms with Crippen molar-refractivity contribution in [2.45, 2.75) is 18.9 Å². The Morgan fingerprint density at radius 2 is 2.20 bits per heavy atom. The molecule has 2 nitrogen and oxygen atoms in total. The number of fused-ring (bicyclic) bond motifs is 2. The summed E-state index contributed by atoms with van der Waals surface area (Å²) < 4.78 is 5.39. The van der Waals surface area contributed by atoms with E-state index in [1.807, 2.05) is 7.11 Å². The van der Waals surface area contributed by atoms with Crippen molar-refractivity contribution in [3.05, 3.63) is 0 Å². The molecule has 58 valence electrons. The van der Waals surface area contributed by atoms with Crippen LogP contribution < -0.4 is 5.32 Å². The maximum Gasteiger partial charge on any atom is 0.0614 e. The molecule has 2 rings (SSSR count). The number of piperidine rings is 1. The Labute approximate surface area is 61.9 Å². The van der Waals surface area contributed by atoms with E-state index in [9.17, 15) is 0 Å². The predicted molar refractivity (Wildman–Crippen MR) is 39.9 cm³/mol. The molecule has 0 amide bonds. The van der Waals surface area contributed by atoms with Crippen LogP contribution in [0.1, 0.15) is 12.8 Å². The van der Waals surface area contributed by atoms with E-state index in [0.717, 1.165) is 11.8 Å². The molecule has 3 unspecified atom stereocenters. The smallest absolute Gasteiger partial charge is 0.0614 e. The lowest BCUT2D eigenvalue weighted by Crippen LogP contribution is -2.33. The zero-order valence-electron chi connectivity index (χ0n) is 6.47. The summed E-state index contributed by atoms with van der Waals surface area (Å²) in [5, 5.41) is 3.43. The highest BCUT2D eigenvalue weighted by Gasteiger charge is 2.36. The molecule has 1 saturated carbocycles. The first kappa shape index (κ1) is 6.62. The second-order valence-electron chi connectivity index (χ2n) is 3.53. The van der Waals surface area contributed by atoms with Crippen molar-refractivity contribution in [1.82, 2.24) is 5.32 Å². The van der Waals surface area contributed by atoms with Gasteiger partial charge in [0, 0.05) is 13.7 Å². The van der Waals surface area contributed by atoms with Gasteiger partial charge in [0.05, 0.1) is 6.10 Å². The third kappa shape index (κ3) is 0.956. The molecule has 2 fully saturated rings. The first-order chi connectivity index (χ1) is 4.90. The van der Waals surface area contributed by atoms with Gasteiger partial charge < -0.3 is 10.1 Å². The largest absolute Gasteiger partial charge is 0.381 e. The van der Waals surface area contributed by atoms with Crippen LogP contribution in [0.15, 0.2) is 0 Å². The molecule has 10 heavy (non-hydrogen) atoms. The minimum absolute atomic E-state index is 0.556. The number of methoxy groups -OCH3 is 1. The lowest BCUT2D eigenvalue weighted by molar-refractivity contribution is 0.0733. The molecule has 1 heterocycles. The molecular weight excluding hydrogens is 126 g/mol. The first-order valence-electron chi connectivity index (χ1n) is 4.13. The zero-order valence-corrected chi connectivity index (χ0v) is 6.47. The third-order valence-electron chi connectivity index (χ3n) is 2.87. The van der Waals surface area contributed by atoms with Crippen molar-refractivity contribution in [2.75, 3.05) is 20.2 Å². The Kier molecular flexibility index (Phi) is 1.66. The van der Waals surface area contributed by atoms with Crippen LogP contribution in [-0.4, -0.2) is 26.3 Å². The number of rotatable bonds is 1. The summed E-state index contributed by atoms with van der Waals surface area (Å²) in [6.45, 7) is 2.39. The van der Waals surface area contributed by atoms with E-state index in [-0.39, 0.29) is 0 Å². The van der Waals surface area contributed by atoms with Gasteiger partial charge in [-0.2, -0.15) is 0 Å². The van der Waals surface area contributed by atoms with Gasteiger partial charge in [-0.3, -0.25) is 0 Å². The van der Waals surface area contributed by atoms with E-state index in [1.54, 1.807) is 0 Å². The van der Waals surface area contributed by atoms with Gasteiger partial charge in [0.25, 0.3) is 0 Å². The quantitative estimate of drug-likeness (QED) is 0.578. The summed E-state index contributed by atoms with van der Waals surface area (Å²) in [5.41, 5.74) is 0. The Morgan fingerprint density at radius 3 is 2.90 bits per heavy atom. The van der Waals surface area contributed by atoms with Gasteiger partial charge in [0.1, 0.15) is 0 Å². The number of hydrogen-bond acceptors (Lipinski definition) is 2. The van der Waals surface area contributed by atoms with Crippen LogP contribution >= 0.6 is 0 Å². The fourth-order valence-corrected chi connectivity index (χ4v) is 2.34. The van der Waals surface area contributed by atoms with Crippen LogP contribution in [0.4, 0.5) is 0 Å². The molecular formula is C8H15NO. The van der Waals surface area contributed by atoms with Crippen LogP contribution in [-0.2, 0) is 4.74 Å². The summed E-state index contributed by atoms with van der Waals surface area (Å²) in [5.74, 6) is 1.72. The van der Waals surface area contributed by atoms with E-state index in [1.165, 1.54) is 25.9 Å². The minimum atomic E-state index is 0.556. The minimum Gasteiger partial charge on any atom is -0.381 e. The molecule has 2 aliphatic rings. The monoisotopic (exact) mass is 141 g/mol. The lowest BCUT2D eigenvalue weighted by atomic mass is 10.0. The van der Waals surface area contributed by atoms with Crippen LogP contribution in [0.25, 0.3) is 0 Å². The molecule has 0 radical (unpaired) electrons. The third-order valence-corrected chi connectivity index (χ3v) is 2.87. The van der Waals surface area contributed by atoms with Crippen molar-refractivity contribution in [3.63, 3.8) is 0 Å². The number of nitrogens with one attached hydrogen (secondary N) is 1. The molecule has 1 aliphatic carbocycles. The zero-order chi connectivity index (χ0) is 6.97. The Balaban J connectivity index is 2.01. The number of hydrogen-bond donors (Lipinski definition) is 1. The molecule has 0 spiro atoms. The molecule has 2 heteroatoms. The van der Waals surface area contributed by atoms with Crippen LogP contribution in [0.5, 0.6) is 0 Å². The summed E-state index contributed by atoms with van der Waals surface area (Å²) in [6, 6.07) is 0. The molecule has 3 atom stereocenters. The summed E-state index contributed by atoms with van der Waals surface area (Å²) in [6.07, 6.45) is 3.24. The van der Waals surface area contributed by atoms with Gasteiger partial charge in [0.2, 0.25) is 0 Å². The topological polar surface area (TPSA) is 21.3 Å².